The molecule has 1 heterocycles. The first kappa shape index (κ1) is 20.5. The number of benzene rings is 2. The van der Waals surface area contributed by atoms with E-state index in [1.54, 1.807) is 12.1 Å². The molecule has 0 radical (unpaired) electrons. The highest BCUT2D eigenvalue weighted by Crippen LogP contribution is 2.26. The molecule has 1 fully saturated rings. The Morgan fingerprint density at radius 1 is 1.07 bits per heavy atom. The molecule has 2 aromatic rings. The van der Waals surface area contributed by atoms with Gasteiger partial charge in [0.1, 0.15) is 23.9 Å². The van der Waals surface area contributed by atoms with Crippen LogP contribution >= 0.6 is 11.6 Å². The predicted octanol–water partition coefficient (Wildman–Crippen LogP) is 4.93. The fraction of sp³-hybridized carbons (Fsp3) is 0.409. The molecule has 28 heavy (non-hydrogen) atoms. The van der Waals surface area contributed by atoms with Crippen molar-refractivity contribution < 1.29 is 19.0 Å². The molecule has 0 unspecified atom stereocenters. The van der Waals surface area contributed by atoms with Gasteiger partial charge in [-0.3, -0.25) is 9.69 Å². The molecule has 0 amide bonds. The number of methoxy groups -OCH3 is 1. The van der Waals surface area contributed by atoms with Crippen molar-refractivity contribution in [3.63, 3.8) is 0 Å². The smallest absolute Gasteiger partial charge is 0.305 e. The van der Waals surface area contributed by atoms with Gasteiger partial charge in [-0.1, -0.05) is 11.6 Å². The highest BCUT2D eigenvalue weighted by Gasteiger charge is 2.24. The van der Waals surface area contributed by atoms with Crippen molar-refractivity contribution in [1.82, 2.24) is 4.90 Å². The highest BCUT2D eigenvalue weighted by molar-refractivity contribution is 6.30. The van der Waals surface area contributed by atoms with Crippen LogP contribution in [-0.2, 0) is 9.53 Å². The van der Waals surface area contributed by atoms with Crippen LogP contribution in [0.1, 0.15) is 25.7 Å². The summed E-state index contributed by atoms with van der Waals surface area (Å²) >= 11 is 5.89. The van der Waals surface area contributed by atoms with Gasteiger partial charge in [0.05, 0.1) is 7.11 Å². The molecule has 1 atom stereocenters. The summed E-state index contributed by atoms with van der Waals surface area (Å²) in [6.07, 6.45) is 3.58. The summed E-state index contributed by atoms with van der Waals surface area (Å²) in [4.78, 5) is 13.7. The topological polar surface area (TPSA) is 48.0 Å². The van der Waals surface area contributed by atoms with E-state index in [0.717, 1.165) is 43.2 Å². The van der Waals surface area contributed by atoms with Gasteiger partial charge in [0.2, 0.25) is 0 Å². The Bertz CT molecular complexity index is 748. The van der Waals surface area contributed by atoms with Gasteiger partial charge in [-0.05, 0) is 80.9 Å². The fourth-order valence-corrected chi connectivity index (χ4v) is 3.47. The Labute approximate surface area is 171 Å². The minimum Gasteiger partial charge on any atom is -0.492 e. The van der Waals surface area contributed by atoms with Crippen molar-refractivity contribution in [2.24, 2.45) is 0 Å². The molecule has 0 N–H and O–H groups in total. The molecule has 2 aromatic carbocycles. The second kappa shape index (κ2) is 10.3. The van der Waals surface area contributed by atoms with Crippen LogP contribution in [0.4, 0.5) is 0 Å². The standard InChI is InChI=1S/C22H26ClNO4/c1-26-22(25)5-3-15-24-14-2-4-18(24)16-27-19-10-12-21(13-11-19)28-20-8-6-17(23)7-9-20/h6-13,18H,2-5,14-16H2,1H3/t18-/m1/s1. The van der Waals surface area contributed by atoms with Crippen molar-refractivity contribution in [3.8, 4) is 17.2 Å². The van der Waals surface area contributed by atoms with E-state index in [1.807, 2.05) is 36.4 Å². The third-order valence-corrected chi connectivity index (χ3v) is 5.12. The molecule has 150 valence electrons. The van der Waals surface area contributed by atoms with Crippen molar-refractivity contribution in [1.29, 1.82) is 0 Å². The number of carbonyl (C=O) groups excluding carboxylic acids is 1. The Morgan fingerprint density at radius 2 is 1.71 bits per heavy atom. The first-order valence-corrected chi connectivity index (χ1v) is 9.99. The largest absolute Gasteiger partial charge is 0.492 e. The monoisotopic (exact) mass is 403 g/mol. The Morgan fingerprint density at radius 3 is 2.39 bits per heavy atom. The Hall–Kier alpha value is -2.24. The number of nitrogens with zero attached hydrogens (tertiary/aromatic N) is 1. The van der Waals surface area contributed by atoms with Gasteiger partial charge in [0, 0.05) is 17.5 Å². The van der Waals surface area contributed by atoms with Gasteiger partial charge in [-0.25, -0.2) is 0 Å². The highest BCUT2D eigenvalue weighted by atomic mass is 35.5. The Balaban J connectivity index is 1.44. The lowest BCUT2D eigenvalue weighted by molar-refractivity contribution is -0.140. The first-order valence-electron chi connectivity index (χ1n) is 9.61. The molecule has 1 saturated heterocycles. The van der Waals surface area contributed by atoms with Crippen molar-refractivity contribution in [2.75, 3.05) is 26.8 Å². The molecule has 5 nitrogen and oxygen atoms in total. The zero-order chi connectivity index (χ0) is 19.8. The lowest BCUT2D eigenvalue weighted by atomic mass is 10.2. The van der Waals surface area contributed by atoms with E-state index < -0.39 is 0 Å². The van der Waals surface area contributed by atoms with Gasteiger partial charge in [-0.15, -0.1) is 0 Å². The van der Waals surface area contributed by atoms with Crippen molar-refractivity contribution in [3.05, 3.63) is 53.6 Å². The molecule has 6 heteroatoms. The van der Waals surface area contributed by atoms with Crippen LogP contribution in [0.2, 0.25) is 5.02 Å². The molecule has 0 aromatic heterocycles. The number of halogens is 1. The molecule has 3 rings (SSSR count). The molecule has 0 saturated carbocycles. The van der Waals surface area contributed by atoms with Crippen LogP contribution in [0, 0.1) is 0 Å². The molecular formula is C22H26ClNO4. The summed E-state index contributed by atoms with van der Waals surface area (Å²) in [6, 6.07) is 15.3. The van der Waals surface area contributed by atoms with E-state index in [0.29, 0.717) is 24.1 Å². The molecule has 0 spiro atoms. The SMILES string of the molecule is COC(=O)CCCN1CCC[C@@H]1COc1ccc(Oc2ccc(Cl)cc2)cc1. The van der Waals surface area contributed by atoms with Gasteiger partial charge in [-0.2, -0.15) is 0 Å². The van der Waals surface area contributed by atoms with Crippen LogP contribution in [0.15, 0.2) is 48.5 Å². The number of likely N-dealkylation sites (tertiary alicyclic amines) is 1. The molecule has 0 aliphatic carbocycles. The first-order chi connectivity index (χ1) is 13.6. The minimum absolute atomic E-state index is 0.145. The van der Waals surface area contributed by atoms with E-state index in [-0.39, 0.29) is 5.97 Å². The van der Waals surface area contributed by atoms with E-state index in [1.165, 1.54) is 13.5 Å². The molecule has 0 bridgehead atoms. The summed E-state index contributed by atoms with van der Waals surface area (Å²) in [6.45, 7) is 2.61. The quantitative estimate of drug-likeness (QED) is 0.555. The average Bonchev–Trinajstić information content (AvgIpc) is 3.16. The second-order valence-corrected chi connectivity index (χ2v) is 7.29. The number of hydrogen-bond acceptors (Lipinski definition) is 5. The maximum absolute atomic E-state index is 11.3. The van der Waals surface area contributed by atoms with Gasteiger partial charge in [0.15, 0.2) is 0 Å². The summed E-state index contributed by atoms with van der Waals surface area (Å²) in [5.41, 5.74) is 0. The van der Waals surface area contributed by atoms with E-state index in [4.69, 9.17) is 25.8 Å². The fourth-order valence-electron chi connectivity index (χ4n) is 3.34. The minimum atomic E-state index is -0.145. The van der Waals surface area contributed by atoms with E-state index in [9.17, 15) is 4.79 Å². The lowest BCUT2D eigenvalue weighted by Crippen LogP contribution is -2.35. The third kappa shape index (κ3) is 6.14. The van der Waals surface area contributed by atoms with E-state index >= 15 is 0 Å². The van der Waals surface area contributed by atoms with Crippen LogP contribution < -0.4 is 9.47 Å². The summed E-state index contributed by atoms with van der Waals surface area (Å²) in [5.74, 6) is 2.17. The Kier molecular flexibility index (Phi) is 7.57. The maximum atomic E-state index is 11.3. The molecule has 1 aliphatic rings. The van der Waals surface area contributed by atoms with Crippen LogP contribution in [0.3, 0.4) is 0 Å². The van der Waals surface area contributed by atoms with Crippen molar-refractivity contribution in [2.45, 2.75) is 31.7 Å². The zero-order valence-electron chi connectivity index (χ0n) is 16.1. The lowest BCUT2D eigenvalue weighted by Gasteiger charge is -2.24. The van der Waals surface area contributed by atoms with Gasteiger partial charge >= 0.3 is 5.97 Å². The predicted molar refractivity (Wildman–Crippen MR) is 109 cm³/mol. The number of hydrogen-bond donors (Lipinski definition) is 0. The summed E-state index contributed by atoms with van der Waals surface area (Å²) < 4.78 is 16.5. The van der Waals surface area contributed by atoms with Crippen LogP contribution in [0.5, 0.6) is 17.2 Å². The van der Waals surface area contributed by atoms with E-state index in [2.05, 4.69) is 4.90 Å². The van der Waals surface area contributed by atoms with Gasteiger partial charge in [0.25, 0.3) is 0 Å². The van der Waals surface area contributed by atoms with Crippen LogP contribution in [-0.4, -0.2) is 43.7 Å². The number of ether oxygens (including phenoxy) is 3. The average molecular weight is 404 g/mol. The number of rotatable bonds is 9. The van der Waals surface area contributed by atoms with Crippen LogP contribution in [0.25, 0.3) is 0 Å². The summed E-state index contributed by atoms with van der Waals surface area (Å²) in [7, 11) is 1.43. The number of esters is 1. The molecular weight excluding hydrogens is 378 g/mol. The zero-order valence-corrected chi connectivity index (χ0v) is 16.9. The maximum Gasteiger partial charge on any atom is 0.305 e. The normalized spacial score (nSPS) is 16.7. The van der Waals surface area contributed by atoms with Gasteiger partial charge < -0.3 is 14.2 Å². The van der Waals surface area contributed by atoms with Crippen molar-refractivity contribution >= 4 is 17.6 Å². The number of carbonyl (C=O) groups is 1. The third-order valence-electron chi connectivity index (χ3n) is 4.87. The summed E-state index contributed by atoms with van der Waals surface area (Å²) in [5, 5.41) is 0.683. The second-order valence-electron chi connectivity index (χ2n) is 6.85. The molecule has 1 aliphatic heterocycles.